The molecule has 7 heteroatoms. The van der Waals surface area contributed by atoms with Crippen LogP contribution < -0.4 is 0 Å². The number of likely N-dealkylation sites (tertiary alicyclic amines) is 2. The van der Waals surface area contributed by atoms with Crippen molar-refractivity contribution in [3.05, 3.63) is 0 Å². The van der Waals surface area contributed by atoms with Crippen molar-refractivity contribution in [3.63, 3.8) is 0 Å². The van der Waals surface area contributed by atoms with E-state index in [2.05, 4.69) is 31.9 Å². The zero-order valence-electron chi connectivity index (χ0n) is 12.3. The Morgan fingerprint density at radius 3 is 1.95 bits per heavy atom. The largest absolute Gasteiger partial charge is 0.341 e. The summed E-state index contributed by atoms with van der Waals surface area (Å²) in [5.41, 5.74) is 0. The molecule has 122 valence electrons. The maximum Gasteiger partial charge on any atom is 0.242 e. The molecule has 3 fully saturated rings. The van der Waals surface area contributed by atoms with Gasteiger partial charge in [0.1, 0.15) is 6.54 Å². The molecule has 0 aromatic heterocycles. The number of fused-ring (bicyclic) bond motifs is 1. The molecule has 4 atom stereocenters. The minimum Gasteiger partial charge on any atom is -0.341 e. The van der Waals surface area contributed by atoms with Crippen LogP contribution in [0.5, 0.6) is 0 Å². The molecule has 0 bridgehead atoms. The Hall–Kier alpha value is -0.430. The summed E-state index contributed by atoms with van der Waals surface area (Å²) in [6, 6.07) is 0. The third-order valence-corrected chi connectivity index (χ3v) is 7.74. The van der Waals surface area contributed by atoms with Crippen molar-refractivity contribution in [2.24, 2.45) is 11.8 Å². The van der Waals surface area contributed by atoms with Crippen molar-refractivity contribution >= 4 is 49.6 Å². The SMILES string of the molecule is O=C(CN1C(=O)[C@H]2C[C@H](Br)[C@@H](Br)C[C@H]2C1=O)N1CCCCC1. The van der Waals surface area contributed by atoms with Gasteiger partial charge in [0.05, 0.1) is 11.8 Å². The van der Waals surface area contributed by atoms with Crippen molar-refractivity contribution < 1.29 is 14.4 Å². The predicted octanol–water partition coefficient (Wildman–Crippen LogP) is 1.92. The molecule has 5 nitrogen and oxygen atoms in total. The molecular weight excluding hydrogens is 416 g/mol. The maximum atomic E-state index is 12.5. The molecule has 0 radical (unpaired) electrons. The zero-order valence-corrected chi connectivity index (χ0v) is 15.5. The van der Waals surface area contributed by atoms with Crippen LogP contribution in [0.25, 0.3) is 0 Å². The molecule has 0 aromatic carbocycles. The molecule has 3 aliphatic rings. The number of carbonyl (C=O) groups is 3. The van der Waals surface area contributed by atoms with E-state index in [9.17, 15) is 14.4 Å². The Bertz CT molecular complexity index is 465. The molecule has 3 rings (SSSR count). The number of nitrogens with zero attached hydrogens (tertiary/aromatic N) is 2. The summed E-state index contributed by atoms with van der Waals surface area (Å²) in [5, 5.41) is 0. The molecule has 0 unspecified atom stereocenters. The minimum absolute atomic E-state index is 0.0788. The molecular formula is C15H20Br2N2O3. The van der Waals surface area contributed by atoms with Gasteiger partial charge in [0.25, 0.3) is 0 Å². The molecule has 0 aromatic rings. The number of amides is 3. The van der Waals surface area contributed by atoms with Crippen LogP contribution >= 0.6 is 31.9 Å². The lowest BCUT2D eigenvalue weighted by Gasteiger charge is -2.29. The van der Waals surface area contributed by atoms with E-state index in [0.29, 0.717) is 12.8 Å². The molecule has 1 aliphatic carbocycles. The van der Waals surface area contributed by atoms with Gasteiger partial charge < -0.3 is 4.90 Å². The lowest BCUT2D eigenvalue weighted by atomic mass is 9.81. The first-order valence-electron chi connectivity index (χ1n) is 7.90. The van der Waals surface area contributed by atoms with Crippen LogP contribution in [0.1, 0.15) is 32.1 Å². The quantitative estimate of drug-likeness (QED) is 0.491. The Morgan fingerprint density at radius 1 is 0.955 bits per heavy atom. The first-order chi connectivity index (χ1) is 10.5. The van der Waals surface area contributed by atoms with Gasteiger partial charge in [0.15, 0.2) is 0 Å². The number of halogens is 2. The summed E-state index contributed by atoms with van der Waals surface area (Å²) in [4.78, 5) is 40.8. The van der Waals surface area contributed by atoms with Crippen molar-refractivity contribution in [1.82, 2.24) is 9.80 Å². The number of hydrogen-bond acceptors (Lipinski definition) is 3. The Labute approximate surface area is 147 Å². The van der Waals surface area contributed by atoms with Crippen LogP contribution in [0.2, 0.25) is 0 Å². The average molecular weight is 436 g/mol. The van der Waals surface area contributed by atoms with Crippen LogP contribution in [0.4, 0.5) is 0 Å². The highest BCUT2D eigenvalue weighted by atomic mass is 79.9. The van der Waals surface area contributed by atoms with E-state index in [4.69, 9.17) is 0 Å². The minimum atomic E-state index is -0.264. The molecule has 2 heterocycles. The van der Waals surface area contributed by atoms with Crippen LogP contribution in [0.3, 0.4) is 0 Å². The number of piperidine rings is 1. The van der Waals surface area contributed by atoms with Crippen molar-refractivity contribution in [2.45, 2.75) is 41.8 Å². The van der Waals surface area contributed by atoms with Crippen molar-refractivity contribution in [2.75, 3.05) is 19.6 Å². The summed E-state index contributed by atoms with van der Waals surface area (Å²) < 4.78 is 0. The van der Waals surface area contributed by atoms with Gasteiger partial charge >= 0.3 is 0 Å². The normalized spacial score (nSPS) is 35.7. The van der Waals surface area contributed by atoms with Crippen LogP contribution in [0, 0.1) is 11.8 Å². The second kappa shape index (κ2) is 6.59. The van der Waals surface area contributed by atoms with Gasteiger partial charge in [-0.2, -0.15) is 0 Å². The molecule has 2 saturated heterocycles. The topological polar surface area (TPSA) is 57.7 Å². The van der Waals surface area contributed by atoms with Gasteiger partial charge in [-0.15, -0.1) is 0 Å². The third-order valence-electron chi connectivity index (χ3n) is 5.00. The van der Waals surface area contributed by atoms with Crippen molar-refractivity contribution in [1.29, 1.82) is 0 Å². The van der Waals surface area contributed by atoms with Gasteiger partial charge in [-0.1, -0.05) is 31.9 Å². The van der Waals surface area contributed by atoms with Crippen LogP contribution in [0.15, 0.2) is 0 Å². The second-order valence-electron chi connectivity index (χ2n) is 6.42. The van der Waals surface area contributed by atoms with E-state index < -0.39 is 0 Å². The summed E-state index contributed by atoms with van der Waals surface area (Å²) >= 11 is 7.13. The molecule has 0 spiro atoms. The Balaban J connectivity index is 1.68. The monoisotopic (exact) mass is 434 g/mol. The van der Waals surface area contributed by atoms with E-state index in [1.807, 2.05) is 0 Å². The number of rotatable bonds is 2. The first kappa shape index (κ1) is 16.4. The summed E-state index contributed by atoms with van der Waals surface area (Å²) in [6.45, 7) is 1.41. The van der Waals surface area contributed by atoms with Gasteiger partial charge in [-0.05, 0) is 32.1 Å². The van der Waals surface area contributed by atoms with E-state index in [1.54, 1.807) is 4.90 Å². The van der Waals surface area contributed by atoms with Crippen LogP contribution in [-0.4, -0.2) is 56.8 Å². The van der Waals surface area contributed by atoms with E-state index in [1.165, 1.54) is 4.90 Å². The summed E-state index contributed by atoms with van der Waals surface area (Å²) in [5.74, 6) is -0.945. The number of imide groups is 1. The van der Waals surface area contributed by atoms with Gasteiger partial charge in [-0.25, -0.2) is 0 Å². The zero-order chi connectivity index (χ0) is 15.9. The lowest BCUT2D eigenvalue weighted by molar-refractivity contribution is -0.146. The fourth-order valence-corrected chi connectivity index (χ4v) is 4.94. The van der Waals surface area contributed by atoms with Crippen LogP contribution in [-0.2, 0) is 14.4 Å². The first-order valence-corrected chi connectivity index (χ1v) is 9.73. The molecule has 0 N–H and O–H groups in total. The molecule has 22 heavy (non-hydrogen) atoms. The van der Waals surface area contributed by atoms with Crippen molar-refractivity contribution in [3.8, 4) is 0 Å². The second-order valence-corrected chi connectivity index (χ2v) is 8.77. The smallest absolute Gasteiger partial charge is 0.242 e. The highest BCUT2D eigenvalue weighted by Gasteiger charge is 2.52. The van der Waals surface area contributed by atoms with E-state index in [-0.39, 0.29) is 45.8 Å². The fourth-order valence-electron chi connectivity index (χ4n) is 3.70. The molecule has 3 amide bonds. The van der Waals surface area contributed by atoms with E-state index in [0.717, 1.165) is 32.4 Å². The van der Waals surface area contributed by atoms with Gasteiger partial charge in [0.2, 0.25) is 17.7 Å². The maximum absolute atomic E-state index is 12.5. The number of carbonyl (C=O) groups excluding carboxylic acids is 3. The highest BCUT2D eigenvalue weighted by Crippen LogP contribution is 2.43. The Kier molecular flexibility index (Phi) is 4.92. The van der Waals surface area contributed by atoms with E-state index >= 15 is 0 Å². The standard InChI is InChI=1S/C15H20Br2N2O3/c16-11-6-9-10(7-12(11)17)15(22)19(14(9)21)8-13(20)18-4-2-1-3-5-18/h9-12H,1-8H2/t9-,10+,11-,12-/m0/s1. The summed E-state index contributed by atoms with van der Waals surface area (Å²) in [7, 11) is 0. The predicted molar refractivity (Wildman–Crippen MR) is 88.8 cm³/mol. The fraction of sp³-hybridized carbons (Fsp3) is 0.800. The van der Waals surface area contributed by atoms with Gasteiger partial charge in [-0.3, -0.25) is 19.3 Å². The number of hydrogen-bond donors (Lipinski definition) is 0. The van der Waals surface area contributed by atoms with Gasteiger partial charge in [0, 0.05) is 22.7 Å². The lowest BCUT2D eigenvalue weighted by Crippen LogP contribution is -2.44. The Morgan fingerprint density at radius 2 is 1.45 bits per heavy atom. The number of alkyl halides is 2. The summed E-state index contributed by atoms with van der Waals surface area (Å²) in [6.07, 6.45) is 4.47. The highest BCUT2D eigenvalue weighted by molar-refractivity contribution is 9.12. The third kappa shape index (κ3) is 2.98. The molecule has 1 saturated carbocycles. The average Bonchev–Trinajstić information content (AvgIpc) is 2.74. The molecule has 2 aliphatic heterocycles.